The number of phosphoric acid groups is 2. The van der Waals surface area contributed by atoms with E-state index in [1.165, 1.54) is 263 Å². The molecule has 0 aromatic carbocycles. The quantitative estimate of drug-likeness (QED) is 0.0222. The number of rotatable bonds is 83. The average Bonchev–Trinajstić information content (AvgIpc) is 0.919. The van der Waals surface area contributed by atoms with Crippen molar-refractivity contribution in [2.75, 3.05) is 39.6 Å². The zero-order valence-corrected chi connectivity index (χ0v) is 69.4. The van der Waals surface area contributed by atoms with Gasteiger partial charge in [-0.1, -0.05) is 395 Å². The first kappa shape index (κ1) is 101. The number of unbranched alkanes of at least 4 members (excludes halogenated alkanes) is 53. The lowest BCUT2D eigenvalue weighted by Gasteiger charge is -2.21. The maximum atomic E-state index is 13.1. The van der Waals surface area contributed by atoms with Crippen molar-refractivity contribution < 1.29 is 80.2 Å². The van der Waals surface area contributed by atoms with Crippen molar-refractivity contribution in [1.29, 1.82) is 0 Å². The van der Waals surface area contributed by atoms with E-state index in [4.69, 9.17) is 37.0 Å². The number of ether oxygens (including phenoxy) is 4. The standard InChI is InChI=1S/C84H164O17P2/c1-7-9-11-13-15-17-19-21-23-24-25-26-27-28-29-35-39-43-51-57-63-69-84(89)100-79(72-94-81(86)66-60-54-48-41-37-34-31-30-32-36-40-46-52-58-64-76(3)4)74-98-102(90,91)96-70-78(85)71-97-103(92,93)99-75-80(73-95-82(87)67-61-55-49-45-44-47-53-59-65-77(5)6)101-83(88)68-62-56-50-42-38-33-22-20-18-16-14-12-10-8-2/h76-80,85H,7-75H2,1-6H3,(H,90,91)(H,92,93)/t78-,79-,80-/m1/s1. The fourth-order valence-electron chi connectivity index (χ4n) is 13.1. The van der Waals surface area contributed by atoms with Crippen LogP contribution in [0.5, 0.6) is 0 Å². The normalized spacial score (nSPS) is 13.9. The minimum atomic E-state index is -4.96. The Labute approximate surface area is 632 Å². The number of aliphatic hydroxyl groups excluding tert-OH is 1. The molecule has 0 aliphatic heterocycles. The third kappa shape index (κ3) is 78.0. The number of hydrogen-bond donors (Lipinski definition) is 3. The Kier molecular flexibility index (Phi) is 74.1. The second-order valence-electron chi connectivity index (χ2n) is 31.2. The molecule has 2 unspecified atom stereocenters. The van der Waals surface area contributed by atoms with Gasteiger partial charge in [0.25, 0.3) is 0 Å². The first-order valence-corrected chi connectivity index (χ1v) is 46.5. The summed E-state index contributed by atoms with van der Waals surface area (Å²) in [5.41, 5.74) is 0. The zero-order valence-electron chi connectivity index (χ0n) is 67.6. The van der Waals surface area contributed by atoms with Crippen molar-refractivity contribution in [2.45, 2.75) is 464 Å². The Morgan fingerprint density at radius 3 is 0.660 bits per heavy atom. The summed E-state index contributed by atoms with van der Waals surface area (Å²) in [5.74, 6) is -0.579. The molecule has 0 rings (SSSR count). The number of hydrogen-bond acceptors (Lipinski definition) is 15. The molecule has 0 aromatic rings. The highest BCUT2D eigenvalue weighted by Crippen LogP contribution is 2.45. The van der Waals surface area contributed by atoms with E-state index in [1.54, 1.807) is 0 Å². The molecule has 612 valence electrons. The molecule has 3 N–H and O–H groups in total. The Hall–Kier alpha value is -1.94. The second kappa shape index (κ2) is 75.5. The highest BCUT2D eigenvalue weighted by atomic mass is 31.2. The summed E-state index contributed by atoms with van der Waals surface area (Å²) in [6.07, 6.45) is 66.7. The Morgan fingerprint density at radius 2 is 0.447 bits per heavy atom. The Balaban J connectivity index is 5.23. The van der Waals surface area contributed by atoms with E-state index >= 15 is 0 Å². The summed E-state index contributed by atoms with van der Waals surface area (Å²) in [4.78, 5) is 73.1. The molecule has 0 radical (unpaired) electrons. The van der Waals surface area contributed by atoms with Crippen molar-refractivity contribution in [3.8, 4) is 0 Å². The summed E-state index contributed by atoms with van der Waals surface area (Å²) in [7, 11) is -9.92. The first-order chi connectivity index (χ1) is 49.9. The van der Waals surface area contributed by atoms with Gasteiger partial charge >= 0.3 is 39.5 Å². The fraction of sp³-hybridized carbons (Fsp3) is 0.952. The summed E-state index contributed by atoms with van der Waals surface area (Å²) < 4.78 is 68.8. The molecule has 0 aliphatic rings. The molecule has 0 aromatic heterocycles. The van der Waals surface area contributed by atoms with Gasteiger partial charge in [0.05, 0.1) is 26.4 Å². The van der Waals surface area contributed by atoms with Crippen LogP contribution in [0.2, 0.25) is 0 Å². The molecule has 0 fully saturated rings. The molecule has 0 amide bonds. The van der Waals surface area contributed by atoms with E-state index in [9.17, 15) is 43.2 Å². The first-order valence-electron chi connectivity index (χ1n) is 43.5. The lowest BCUT2D eigenvalue weighted by atomic mass is 10.0. The molecule has 0 saturated carbocycles. The van der Waals surface area contributed by atoms with Crippen LogP contribution in [0.4, 0.5) is 0 Å². The van der Waals surface area contributed by atoms with Crippen LogP contribution in [0.3, 0.4) is 0 Å². The third-order valence-electron chi connectivity index (χ3n) is 19.7. The van der Waals surface area contributed by atoms with Gasteiger partial charge in [0, 0.05) is 25.7 Å². The molecule has 0 heterocycles. The number of aliphatic hydroxyl groups is 1. The highest BCUT2D eigenvalue weighted by Gasteiger charge is 2.30. The van der Waals surface area contributed by atoms with E-state index in [2.05, 4.69) is 41.5 Å². The van der Waals surface area contributed by atoms with E-state index in [0.717, 1.165) is 102 Å². The third-order valence-corrected chi connectivity index (χ3v) is 21.6. The van der Waals surface area contributed by atoms with Gasteiger partial charge in [0.15, 0.2) is 12.2 Å². The summed E-state index contributed by atoms with van der Waals surface area (Å²) >= 11 is 0. The van der Waals surface area contributed by atoms with Gasteiger partial charge in [-0.25, -0.2) is 9.13 Å². The molecule has 103 heavy (non-hydrogen) atoms. The predicted molar refractivity (Wildman–Crippen MR) is 423 cm³/mol. The molecule has 5 atom stereocenters. The molecular weight excluding hydrogens is 1340 g/mol. The maximum Gasteiger partial charge on any atom is 0.472 e. The van der Waals surface area contributed by atoms with Gasteiger partial charge in [-0.15, -0.1) is 0 Å². The van der Waals surface area contributed by atoms with Crippen LogP contribution in [0, 0.1) is 11.8 Å². The van der Waals surface area contributed by atoms with Gasteiger partial charge in [-0.2, -0.15) is 0 Å². The van der Waals surface area contributed by atoms with E-state index < -0.39 is 97.5 Å². The van der Waals surface area contributed by atoms with Crippen molar-refractivity contribution >= 4 is 39.5 Å². The number of phosphoric ester groups is 2. The van der Waals surface area contributed by atoms with Gasteiger partial charge in [-0.05, 0) is 37.5 Å². The minimum Gasteiger partial charge on any atom is -0.462 e. The topological polar surface area (TPSA) is 237 Å². The van der Waals surface area contributed by atoms with Crippen LogP contribution in [0.1, 0.15) is 446 Å². The molecule has 19 heteroatoms. The summed E-state index contributed by atoms with van der Waals surface area (Å²) in [5, 5.41) is 10.7. The van der Waals surface area contributed by atoms with Crippen LogP contribution in [-0.2, 0) is 65.4 Å². The summed E-state index contributed by atoms with van der Waals surface area (Å²) in [6, 6.07) is 0. The van der Waals surface area contributed by atoms with Crippen molar-refractivity contribution in [3.05, 3.63) is 0 Å². The van der Waals surface area contributed by atoms with Crippen molar-refractivity contribution in [2.24, 2.45) is 11.8 Å². The SMILES string of the molecule is CCCCCCCCCCCCCCCCCCCCCCCC(=O)O[C@H](COC(=O)CCCCCCCCCCCCCCCCC(C)C)COP(=O)(O)OC[C@@H](O)COP(=O)(O)OC[C@@H](COC(=O)CCCCCCCCCCC(C)C)OC(=O)CCCCCCCCCCCCCCCC. The van der Waals surface area contributed by atoms with Crippen LogP contribution < -0.4 is 0 Å². The smallest absolute Gasteiger partial charge is 0.462 e. The van der Waals surface area contributed by atoms with Crippen LogP contribution in [0.15, 0.2) is 0 Å². The van der Waals surface area contributed by atoms with E-state index in [1.807, 2.05) is 0 Å². The van der Waals surface area contributed by atoms with Crippen LogP contribution in [-0.4, -0.2) is 96.7 Å². The maximum absolute atomic E-state index is 13.1. The molecule has 0 spiro atoms. The van der Waals surface area contributed by atoms with E-state index in [-0.39, 0.29) is 25.7 Å². The molecular formula is C84H164O17P2. The van der Waals surface area contributed by atoms with Crippen LogP contribution >= 0.6 is 15.6 Å². The number of carbonyl (C=O) groups excluding carboxylic acids is 4. The van der Waals surface area contributed by atoms with E-state index in [0.29, 0.717) is 25.7 Å². The van der Waals surface area contributed by atoms with Gasteiger partial charge in [-0.3, -0.25) is 37.3 Å². The number of carbonyl (C=O) groups is 4. The Morgan fingerprint density at radius 1 is 0.262 bits per heavy atom. The lowest BCUT2D eigenvalue weighted by molar-refractivity contribution is -0.161. The van der Waals surface area contributed by atoms with Crippen molar-refractivity contribution in [3.63, 3.8) is 0 Å². The van der Waals surface area contributed by atoms with Gasteiger partial charge < -0.3 is 33.8 Å². The van der Waals surface area contributed by atoms with Gasteiger partial charge in [0.1, 0.15) is 19.3 Å². The molecule has 0 bridgehead atoms. The molecule has 0 saturated heterocycles. The molecule has 0 aliphatic carbocycles. The minimum absolute atomic E-state index is 0.108. The second-order valence-corrected chi connectivity index (χ2v) is 34.1. The Bertz CT molecular complexity index is 1980. The predicted octanol–water partition coefficient (Wildman–Crippen LogP) is 25.5. The molecule has 17 nitrogen and oxygen atoms in total. The average molecular weight is 1510 g/mol. The fourth-order valence-corrected chi connectivity index (χ4v) is 14.6. The largest absolute Gasteiger partial charge is 0.472 e. The van der Waals surface area contributed by atoms with Gasteiger partial charge in [0.2, 0.25) is 0 Å². The zero-order chi connectivity index (χ0) is 75.6. The van der Waals surface area contributed by atoms with Crippen molar-refractivity contribution in [1.82, 2.24) is 0 Å². The summed E-state index contributed by atoms with van der Waals surface area (Å²) in [6.45, 7) is 9.65. The highest BCUT2D eigenvalue weighted by molar-refractivity contribution is 7.47. The monoisotopic (exact) mass is 1510 g/mol. The number of esters is 4. The van der Waals surface area contributed by atoms with Crippen LogP contribution in [0.25, 0.3) is 0 Å². The lowest BCUT2D eigenvalue weighted by Crippen LogP contribution is -2.30.